The number of nitrogen functional groups attached to an aromatic ring is 1. The summed E-state index contributed by atoms with van der Waals surface area (Å²) < 4.78 is 20.6. The summed E-state index contributed by atoms with van der Waals surface area (Å²) in [7, 11) is 1.42. The molecule has 0 amide bonds. The lowest BCUT2D eigenvalue weighted by Crippen LogP contribution is -2.36. The number of halogens is 1. The minimum atomic E-state index is -0.462. The predicted molar refractivity (Wildman–Crippen MR) is 88.7 cm³/mol. The largest absolute Gasteiger partial charge is 0.494 e. The SMILES string of the molecule is COc1cc2nc(N)n3nc([C@@H]4CC[C@H](C)NC4)nc3c2cc1F. The fourth-order valence-corrected chi connectivity index (χ4v) is 3.20. The normalized spacial score (nSPS) is 21.5. The molecule has 3 N–H and O–H groups in total. The monoisotopic (exact) mass is 330 g/mol. The zero-order valence-corrected chi connectivity index (χ0v) is 13.6. The smallest absolute Gasteiger partial charge is 0.223 e. The number of aromatic nitrogens is 4. The first-order chi connectivity index (χ1) is 11.6. The lowest BCUT2D eigenvalue weighted by atomic mass is 9.95. The fraction of sp³-hybridized carbons (Fsp3) is 0.438. The number of benzene rings is 1. The summed E-state index contributed by atoms with van der Waals surface area (Å²) in [6.07, 6.45) is 2.08. The first-order valence-electron chi connectivity index (χ1n) is 7.99. The molecule has 1 aliphatic rings. The molecule has 0 spiro atoms. The van der Waals surface area contributed by atoms with E-state index in [2.05, 4.69) is 27.3 Å². The summed E-state index contributed by atoms with van der Waals surface area (Å²) in [6, 6.07) is 3.40. The van der Waals surface area contributed by atoms with Gasteiger partial charge in [-0.1, -0.05) is 0 Å². The molecule has 3 aromatic rings. The van der Waals surface area contributed by atoms with Gasteiger partial charge in [0, 0.05) is 30.0 Å². The Morgan fingerprint density at radius 3 is 2.88 bits per heavy atom. The Morgan fingerprint density at radius 2 is 2.17 bits per heavy atom. The van der Waals surface area contributed by atoms with E-state index in [1.165, 1.54) is 23.8 Å². The highest BCUT2D eigenvalue weighted by Crippen LogP contribution is 2.29. The average Bonchev–Trinajstić information content (AvgIpc) is 3.02. The molecule has 8 heteroatoms. The molecular weight excluding hydrogens is 311 g/mol. The van der Waals surface area contributed by atoms with Crippen LogP contribution in [0.1, 0.15) is 31.5 Å². The van der Waals surface area contributed by atoms with E-state index < -0.39 is 5.82 Å². The number of ether oxygens (including phenoxy) is 1. The quantitative estimate of drug-likeness (QED) is 0.745. The first kappa shape index (κ1) is 15.1. The number of anilines is 1. The maximum Gasteiger partial charge on any atom is 0.223 e. The van der Waals surface area contributed by atoms with Gasteiger partial charge in [-0.2, -0.15) is 4.52 Å². The number of rotatable bonds is 2. The van der Waals surface area contributed by atoms with Crippen molar-refractivity contribution in [1.82, 2.24) is 24.9 Å². The van der Waals surface area contributed by atoms with Gasteiger partial charge in [-0.3, -0.25) is 0 Å². The lowest BCUT2D eigenvalue weighted by molar-refractivity contribution is 0.376. The van der Waals surface area contributed by atoms with Crippen molar-refractivity contribution in [2.75, 3.05) is 19.4 Å². The number of hydrogen-bond donors (Lipinski definition) is 2. The second-order valence-electron chi connectivity index (χ2n) is 6.26. The van der Waals surface area contributed by atoms with Crippen LogP contribution >= 0.6 is 0 Å². The number of methoxy groups -OCH3 is 1. The molecule has 0 saturated carbocycles. The van der Waals surface area contributed by atoms with Gasteiger partial charge in [-0.05, 0) is 25.8 Å². The number of nitrogens with zero attached hydrogens (tertiary/aromatic N) is 4. The maximum absolute atomic E-state index is 14.1. The Labute approximate surface area is 138 Å². The third-order valence-electron chi connectivity index (χ3n) is 4.61. The minimum absolute atomic E-state index is 0.129. The average molecular weight is 330 g/mol. The molecule has 4 rings (SSSR count). The van der Waals surface area contributed by atoms with E-state index in [0.717, 1.165) is 19.4 Å². The van der Waals surface area contributed by atoms with Gasteiger partial charge in [0.2, 0.25) is 5.95 Å². The van der Waals surface area contributed by atoms with E-state index >= 15 is 0 Å². The summed E-state index contributed by atoms with van der Waals surface area (Å²) in [5.74, 6) is 0.826. The van der Waals surface area contributed by atoms with Gasteiger partial charge in [0.1, 0.15) is 0 Å². The van der Waals surface area contributed by atoms with Gasteiger partial charge < -0.3 is 15.8 Å². The highest BCUT2D eigenvalue weighted by atomic mass is 19.1. The topological polar surface area (TPSA) is 90.4 Å². The number of piperidine rings is 1. The summed E-state index contributed by atoms with van der Waals surface area (Å²) in [5, 5.41) is 8.51. The fourth-order valence-electron chi connectivity index (χ4n) is 3.20. The van der Waals surface area contributed by atoms with Gasteiger partial charge in [-0.15, -0.1) is 5.10 Å². The third kappa shape index (κ3) is 2.34. The Bertz CT molecular complexity index is 916. The van der Waals surface area contributed by atoms with Crippen molar-refractivity contribution in [3.05, 3.63) is 23.8 Å². The predicted octanol–water partition coefficient (Wildman–Crippen LogP) is 1.86. The van der Waals surface area contributed by atoms with Crippen LogP contribution in [0.4, 0.5) is 10.3 Å². The van der Waals surface area contributed by atoms with Crippen molar-refractivity contribution < 1.29 is 9.13 Å². The number of nitrogens with one attached hydrogen (secondary N) is 1. The second kappa shape index (κ2) is 5.55. The lowest BCUT2D eigenvalue weighted by Gasteiger charge is -2.25. The number of hydrogen-bond acceptors (Lipinski definition) is 6. The van der Waals surface area contributed by atoms with Crippen LogP contribution in [0.5, 0.6) is 5.75 Å². The molecule has 2 aromatic heterocycles. The van der Waals surface area contributed by atoms with Crippen molar-refractivity contribution >= 4 is 22.5 Å². The van der Waals surface area contributed by atoms with Gasteiger partial charge in [0.05, 0.1) is 12.6 Å². The van der Waals surface area contributed by atoms with Crippen LogP contribution in [-0.4, -0.2) is 39.3 Å². The molecule has 1 saturated heterocycles. The van der Waals surface area contributed by atoms with Crippen molar-refractivity contribution in [2.45, 2.75) is 31.7 Å². The number of nitrogens with two attached hydrogens (primary N) is 1. The second-order valence-corrected chi connectivity index (χ2v) is 6.26. The van der Waals surface area contributed by atoms with E-state index in [1.807, 2.05) is 0 Å². The Kier molecular flexibility index (Phi) is 3.49. The molecule has 0 radical (unpaired) electrons. The zero-order chi connectivity index (χ0) is 16.8. The molecule has 0 unspecified atom stereocenters. The molecule has 1 aliphatic heterocycles. The Hall–Kier alpha value is -2.48. The van der Waals surface area contributed by atoms with Crippen LogP contribution in [0, 0.1) is 5.82 Å². The number of fused-ring (bicyclic) bond motifs is 3. The minimum Gasteiger partial charge on any atom is -0.494 e. The van der Waals surface area contributed by atoms with Crippen molar-refractivity contribution in [3.8, 4) is 5.75 Å². The van der Waals surface area contributed by atoms with Gasteiger partial charge in [0.25, 0.3) is 0 Å². The van der Waals surface area contributed by atoms with Crippen molar-refractivity contribution in [3.63, 3.8) is 0 Å². The van der Waals surface area contributed by atoms with Crippen LogP contribution in [0.15, 0.2) is 12.1 Å². The van der Waals surface area contributed by atoms with Crippen molar-refractivity contribution in [1.29, 1.82) is 0 Å². The van der Waals surface area contributed by atoms with Crippen LogP contribution < -0.4 is 15.8 Å². The molecule has 24 heavy (non-hydrogen) atoms. The molecule has 7 nitrogen and oxygen atoms in total. The van der Waals surface area contributed by atoms with Crippen LogP contribution in [0.25, 0.3) is 16.6 Å². The van der Waals surface area contributed by atoms with E-state index in [4.69, 9.17) is 10.5 Å². The molecule has 0 aliphatic carbocycles. The molecule has 3 heterocycles. The van der Waals surface area contributed by atoms with Gasteiger partial charge in [0.15, 0.2) is 23.0 Å². The summed E-state index contributed by atoms with van der Waals surface area (Å²) in [6.45, 7) is 2.99. The van der Waals surface area contributed by atoms with Crippen LogP contribution in [0.2, 0.25) is 0 Å². The van der Waals surface area contributed by atoms with Gasteiger partial charge in [-0.25, -0.2) is 14.4 Å². The van der Waals surface area contributed by atoms with Gasteiger partial charge >= 0.3 is 0 Å². The van der Waals surface area contributed by atoms with E-state index in [9.17, 15) is 4.39 Å². The first-order valence-corrected chi connectivity index (χ1v) is 7.99. The highest BCUT2D eigenvalue weighted by molar-refractivity contribution is 5.93. The highest BCUT2D eigenvalue weighted by Gasteiger charge is 2.24. The van der Waals surface area contributed by atoms with E-state index in [-0.39, 0.29) is 17.6 Å². The zero-order valence-electron chi connectivity index (χ0n) is 13.6. The maximum atomic E-state index is 14.1. The molecule has 2 atom stereocenters. The molecule has 1 fully saturated rings. The molecule has 1 aromatic carbocycles. The van der Waals surface area contributed by atoms with Crippen LogP contribution in [-0.2, 0) is 0 Å². The Balaban J connectivity index is 1.87. The molecule has 126 valence electrons. The van der Waals surface area contributed by atoms with Crippen molar-refractivity contribution in [2.24, 2.45) is 0 Å². The molecular formula is C16H19FN6O. The Morgan fingerprint density at radius 1 is 1.33 bits per heavy atom. The molecule has 0 bridgehead atoms. The summed E-state index contributed by atoms with van der Waals surface area (Å²) in [5.41, 5.74) is 7.07. The summed E-state index contributed by atoms with van der Waals surface area (Å²) in [4.78, 5) is 8.93. The third-order valence-corrected chi connectivity index (χ3v) is 4.61. The van der Waals surface area contributed by atoms with E-state index in [1.54, 1.807) is 0 Å². The standard InChI is InChI=1S/C16H19FN6O/c1-8-3-4-9(7-19-8)14-21-15-10-5-11(17)13(24-2)6-12(10)20-16(18)23(15)22-14/h5-6,8-9,19H,3-4,7H2,1-2H3,(H2,18,20)/t8-,9+/m0/s1. The van der Waals surface area contributed by atoms with E-state index in [0.29, 0.717) is 28.4 Å². The summed E-state index contributed by atoms with van der Waals surface area (Å²) >= 11 is 0. The van der Waals surface area contributed by atoms with Crippen LogP contribution in [0.3, 0.4) is 0 Å².